The van der Waals surface area contributed by atoms with Crippen molar-refractivity contribution in [3.63, 3.8) is 0 Å². The molecule has 1 aliphatic rings. The first-order chi connectivity index (χ1) is 14.1. The molecule has 0 unspecified atom stereocenters. The Labute approximate surface area is 174 Å². The summed E-state index contributed by atoms with van der Waals surface area (Å²) < 4.78 is 34.1. The van der Waals surface area contributed by atoms with Crippen molar-refractivity contribution in [2.75, 3.05) is 6.61 Å². The molecule has 0 heterocycles. The van der Waals surface area contributed by atoms with Crippen LogP contribution in [0.3, 0.4) is 0 Å². The molecule has 158 valence electrons. The van der Waals surface area contributed by atoms with Crippen molar-refractivity contribution >= 4 is 0 Å². The van der Waals surface area contributed by atoms with Gasteiger partial charge in [-0.2, -0.15) is 4.39 Å². The van der Waals surface area contributed by atoms with Gasteiger partial charge >= 0.3 is 0 Å². The number of benzene rings is 2. The molecule has 3 heteroatoms. The predicted octanol–water partition coefficient (Wildman–Crippen LogP) is 8.27. The molecule has 0 aliphatic heterocycles. The molecule has 1 aliphatic carbocycles. The van der Waals surface area contributed by atoms with Gasteiger partial charge in [0.1, 0.15) is 0 Å². The fraction of sp³-hybridized carbons (Fsp3) is 0.538. The third-order valence-electron chi connectivity index (χ3n) is 6.26. The Hall–Kier alpha value is -1.90. The highest BCUT2D eigenvalue weighted by Crippen LogP contribution is 2.38. The number of rotatable bonds is 9. The summed E-state index contributed by atoms with van der Waals surface area (Å²) >= 11 is 0. The van der Waals surface area contributed by atoms with Crippen molar-refractivity contribution in [2.24, 2.45) is 5.92 Å². The van der Waals surface area contributed by atoms with E-state index in [9.17, 15) is 8.78 Å². The Morgan fingerprint density at radius 1 is 0.828 bits per heavy atom. The normalized spacial score (nSPS) is 19.3. The van der Waals surface area contributed by atoms with Gasteiger partial charge < -0.3 is 4.74 Å². The second kappa shape index (κ2) is 10.8. The van der Waals surface area contributed by atoms with E-state index in [0.29, 0.717) is 18.1 Å². The van der Waals surface area contributed by atoms with E-state index in [1.165, 1.54) is 63.0 Å². The van der Waals surface area contributed by atoms with Crippen molar-refractivity contribution in [1.82, 2.24) is 0 Å². The summed E-state index contributed by atoms with van der Waals surface area (Å²) in [7, 11) is 0. The summed E-state index contributed by atoms with van der Waals surface area (Å²) in [5.74, 6) is -0.263. The molecule has 0 bridgehead atoms. The van der Waals surface area contributed by atoms with Crippen molar-refractivity contribution in [3.8, 4) is 16.9 Å². The fourth-order valence-corrected chi connectivity index (χ4v) is 4.48. The van der Waals surface area contributed by atoms with E-state index in [4.69, 9.17) is 4.74 Å². The first kappa shape index (κ1) is 21.8. The maximum Gasteiger partial charge on any atom is 0.201 e. The highest BCUT2D eigenvalue weighted by molar-refractivity contribution is 5.65. The van der Waals surface area contributed by atoms with Gasteiger partial charge in [0, 0.05) is 5.56 Å². The standard InChI is InChI=1S/C26H34F2O/c1-3-5-6-7-19-8-10-20(11-9-19)21-12-14-22(15-13-21)23-16-17-24(29-18-4-2)26(28)25(23)27/h12-17,19-20H,3-11,18H2,1-2H3/t19-,20-. The number of hydrogen-bond donors (Lipinski definition) is 0. The van der Waals surface area contributed by atoms with E-state index in [-0.39, 0.29) is 11.3 Å². The average Bonchev–Trinajstić information content (AvgIpc) is 2.76. The largest absolute Gasteiger partial charge is 0.490 e. The van der Waals surface area contributed by atoms with Crippen LogP contribution in [0.4, 0.5) is 8.78 Å². The van der Waals surface area contributed by atoms with E-state index < -0.39 is 11.6 Å². The zero-order valence-electron chi connectivity index (χ0n) is 17.9. The second-order valence-corrected chi connectivity index (χ2v) is 8.42. The highest BCUT2D eigenvalue weighted by atomic mass is 19.2. The molecule has 0 spiro atoms. The summed E-state index contributed by atoms with van der Waals surface area (Å²) in [5.41, 5.74) is 2.32. The van der Waals surface area contributed by atoms with Crippen LogP contribution < -0.4 is 4.74 Å². The van der Waals surface area contributed by atoms with Gasteiger partial charge in [-0.15, -0.1) is 0 Å². The minimum Gasteiger partial charge on any atom is -0.490 e. The van der Waals surface area contributed by atoms with Crippen LogP contribution >= 0.6 is 0 Å². The van der Waals surface area contributed by atoms with Crippen LogP contribution in [0.25, 0.3) is 11.1 Å². The lowest BCUT2D eigenvalue weighted by Crippen LogP contribution is -2.13. The number of unbranched alkanes of at least 4 members (excludes halogenated alkanes) is 2. The zero-order chi connectivity index (χ0) is 20.6. The molecule has 2 aromatic rings. The highest BCUT2D eigenvalue weighted by Gasteiger charge is 2.22. The molecule has 29 heavy (non-hydrogen) atoms. The minimum absolute atomic E-state index is 0.0135. The second-order valence-electron chi connectivity index (χ2n) is 8.42. The average molecular weight is 401 g/mol. The Morgan fingerprint density at radius 3 is 2.21 bits per heavy atom. The first-order valence-corrected chi connectivity index (χ1v) is 11.3. The SMILES string of the molecule is CCCCC[C@H]1CC[C@H](c2ccc(-c3ccc(OCCC)c(F)c3F)cc2)CC1. The van der Waals surface area contributed by atoms with Crippen LogP contribution in [0.1, 0.15) is 83.1 Å². The molecule has 1 nitrogen and oxygen atoms in total. The maximum absolute atomic E-state index is 14.5. The molecule has 1 saturated carbocycles. The molecule has 0 aromatic heterocycles. The van der Waals surface area contributed by atoms with E-state index in [1.807, 2.05) is 19.1 Å². The van der Waals surface area contributed by atoms with Crippen LogP contribution in [0.5, 0.6) is 5.75 Å². The quantitative estimate of drug-likeness (QED) is 0.385. The molecule has 0 radical (unpaired) electrons. The molecule has 0 amide bonds. The van der Waals surface area contributed by atoms with Crippen LogP contribution in [0.15, 0.2) is 36.4 Å². The Balaban J connectivity index is 1.63. The zero-order valence-corrected chi connectivity index (χ0v) is 17.9. The van der Waals surface area contributed by atoms with Gasteiger partial charge in [0.15, 0.2) is 11.6 Å². The topological polar surface area (TPSA) is 9.23 Å². The van der Waals surface area contributed by atoms with Crippen molar-refractivity contribution < 1.29 is 13.5 Å². The van der Waals surface area contributed by atoms with Gasteiger partial charge in [-0.05, 0) is 67.2 Å². The van der Waals surface area contributed by atoms with Gasteiger partial charge in [0.2, 0.25) is 5.82 Å². The molecule has 0 atom stereocenters. The number of halogens is 2. The lowest BCUT2D eigenvalue weighted by Gasteiger charge is -2.29. The monoisotopic (exact) mass is 400 g/mol. The first-order valence-electron chi connectivity index (χ1n) is 11.3. The molecule has 0 N–H and O–H groups in total. The predicted molar refractivity (Wildman–Crippen MR) is 116 cm³/mol. The third kappa shape index (κ3) is 5.58. The van der Waals surface area contributed by atoms with Crippen LogP contribution in [0, 0.1) is 17.6 Å². The van der Waals surface area contributed by atoms with Crippen LogP contribution in [0.2, 0.25) is 0 Å². The van der Waals surface area contributed by atoms with Gasteiger partial charge in [0.05, 0.1) is 6.61 Å². The molecule has 3 rings (SSSR count). The number of hydrogen-bond acceptors (Lipinski definition) is 1. The lowest BCUT2D eigenvalue weighted by molar-refractivity contribution is 0.295. The maximum atomic E-state index is 14.5. The Kier molecular flexibility index (Phi) is 8.09. The van der Waals surface area contributed by atoms with E-state index in [1.54, 1.807) is 6.07 Å². The molecule has 1 fully saturated rings. The fourth-order valence-electron chi connectivity index (χ4n) is 4.48. The van der Waals surface area contributed by atoms with Crippen LogP contribution in [-0.4, -0.2) is 6.61 Å². The number of ether oxygens (including phenoxy) is 1. The summed E-state index contributed by atoms with van der Waals surface area (Å²) in [6.45, 7) is 4.57. The summed E-state index contributed by atoms with van der Waals surface area (Å²) in [6, 6.07) is 11.2. The Morgan fingerprint density at radius 2 is 1.55 bits per heavy atom. The molecular weight excluding hydrogens is 366 g/mol. The van der Waals surface area contributed by atoms with Crippen molar-refractivity contribution in [2.45, 2.75) is 77.6 Å². The summed E-state index contributed by atoms with van der Waals surface area (Å²) in [4.78, 5) is 0. The van der Waals surface area contributed by atoms with E-state index in [2.05, 4.69) is 19.1 Å². The van der Waals surface area contributed by atoms with Gasteiger partial charge in [-0.1, -0.05) is 63.8 Å². The molecular formula is C26H34F2O. The third-order valence-corrected chi connectivity index (χ3v) is 6.26. The van der Waals surface area contributed by atoms with Crippen LogP contribution in [-0.2, 0) is 0 Å². The summed E-state index contributed by atoms with van der Waals surface area (Å²) in [5, 5.41) is 0. The van der Waals surface area contributed by atoms with Crippen molar-refractivity contribution in [1.29, 1.82) is 0 Å². The smallest absolute Gasteiger partial charge is 0.201 e. The van der Waals surface area contributed by atoms with E-state index >= 15 is 0 Å². The van der Waals surface area contributed by atoms with Crippen molar-refractivity contribution in [3.05, 3.63) is 53.6 Å². The molecule has 2 aromatic carbocycles. The summed E-state index contributed by atoms with van der Waals surface area (Å²) in [6.07, 6.45) is 11.2. The van der Waals surface area contributed by atoms with E-state index in [0.717, 1.165) is 12.3 Å². The van der Waals surface area contributed by atoms with Gasteiger partial charge in [-0.3, -0.25) is 0 Å². The lowest BCUT2D eigenvalue weighted by atomic mass is 9.77. The minimum atomic E-state index is -0.901. The van der Waals surface area contributed by atoms with Gasteiger partial charge in [-0.25, -0.2) is 4.39 Å². The Bertz CT molecular complexity index is 761. The molecule has 0 saturated heterocycles. The van der Waals surface area contributed by atoms with Gasteiger partial charge in [0.25, 0.3) is 0 Å².